The van der Waals surface area contributed by atoms with E-state index in [0.717, 1.165) is 0 Å². The first kappa shape index (κ1) is 24.3. The van der Waals surface area contributed by atoms with Crippen LogP contribution in [-0.4, -0.2) is 57.7 Å². The summed E-state index contributed by atoms with van der Waals surface area (Å²) < 4.78 is 36.1. The van der Waals surface area contributed by atoms with Gasteiger partial charge in [0, 0.05) is 23.7 Å². The summed E-state index contributed by atoms with van der Waals surface area (Å²) in [6, 6.07) is 4.55. The number of imide groups is 1. The number of urea groups is 1. The van der Waals surface area contributed by atoms with Crippen molar-refractivity contribution < 1.29 is 28.2 Å². The van der Waals surface area contributed by atoms with E-state index >= 15 is 4.39 Å². The number of nitrogens with one attached hydrogen (secondary N) is 2. The smallest absolute Gasteiger partial charge is 0.322 e. The molecular formula is C27H20F2N6O4. The summed E-state index contributed by atoms with van der Waals surface area (Å²) in [4.78, 5) is 39.1. The third-order valence-electron chi connectivity index (χ3n) is 7.08. The predicted molar refractivity (Wildman–Crippen MR) is 137 cm³/mol. The second-order valence-corrected chi connectivity index (χ2v) is 9.39. The Bertz CT molecular complexity index is 1770. The molecule has 0 bridgehead atoms. The SMILES string of the molecule is C#Cc1c(F)ccc2cc(O)cc(-c3ncc4c(N5CCCC6(C5)NC(=O)NC6=O)nc(OC)nc4c3F)c12. The molecule has 2 saturated heterocycles. The molecule has 39 heavy (non-hydrogen) atoms. The summed E-state index contributed by atoms with van der Waals surface area (Å²) in [5, 5.41) is 16.1. The molecule has 2 aliphatic rings. The van der Waals surface area contributed by atoms with E-state index in [1.165, 1.54) is 37.6 Å². The Morgan fingerprint density at radius 2 is 2.05 bits per heavy atom. The molecule has 4 heterocycles. The van der Waals surface area contributed by atoms with Gasteiger partial charge in [0.1, 0.15) is 34.1 Å². The molecule has 2 fully saturated rings. The molecular weight excluding hydrogens is 510 g/mol. The molecule has 0 radical (unpaired) electrons. The zero-order valence-corrected chi connectivity index (χ0v) is 20.5. The van der Waals surface area contributed by atoms with E-state index in [2.05, 4.69) is 31.5 Å². The van der Waals surface area contributed by atoms with Gasteiger partial charge in [0.25, 0.3) is 5.91 Å². The highest BCUT2D eigenvalue weighted by molar-refractivity contribution is 6.08. The quantitative estimate of drug-likeness (QED) is 0.272. The number of hydrogen-bond donors (Lipinski definition) is 3. The number of phenols is 1. The molecule has 2 aromatic carbocycles. The van der Waals surface area contributed by atoms with Crippen LogP contribution in [0.25, 0.3) is 32.9 Å². The number of methoxy groups -OCH3 is 1. The molecule has 0 saturated carbocycles. The Hall–Kier alpha value is -5.05. The molecule has 1 atom stereocenters. The first-order chi connectivity index (χ1) is 18.7. The molecule has 1 unspecified atom stereocenters. The molecule has 12 heteroatoms. The van der Waals surface area contributed by atoms with E-state index in [1.54, 1.807) is 4.90 Å². The monoisotopic (exact) mass is 530 g/mol. The Labute approximate surface area is 220 Å². The van der Waals surface area contributed by atoms with Gasteiger partial charge in [-0.15, -0.1) is 6.42 Å². The van der Waals surface area contributed by atoms with Crippen molar-refractivity contribution >= 4 is 39.4 Å². The summed E-state index contributed by atoms with van der Waals surface area (Å²) in [7, 11) is 1.33. The highest BCUT2D eigenvalue weighted by atomic mass is 19.1. The molecule has 4 aromatic rings. The molecule has 10 nitrogen and oxygen atoms in total. The van der Waals surface area contributed by atoms with Crippen LogP contribution in [0.1, 0.15) is 18.4 Å². The molecule has 3 amide bonds. The lowest BCUT2D eigenvalue weighted by Crippen LogP contribution is -2.58. The lowest BCUT2D eigenvalue weighted by Gasteiger charge is -2.38. The van der Waals surface area contributed by atoms with Gasteiger partial charge in [-0.05, 0) is 36.4 Å². The van der Waals surface area contributed by atoms with Crippen molar-refractivity contribution in [3.05, 3.63) is 47.7 Å². The van der Waals surface area contributed by atoms with Crippen LogP contribution in [0.4, 0.5) is 19.4 Å². The largest absolute Gasteiger partial charge is 0.508 e. The van der Waals surface area contributed by atoms with Gasteiger partial charge < -0.3 is 20.1 Å². The number of carbonyl (C=O) groups excluding carboxylic acids is 2. The number of phenolic OH excluding ortho intramolecular Hbond substituents is 1. The van der Waals surface area contributed by atoms with E-state index in [9.17, 15) is 19.1 Å². The maximum atomic E-state index is 16.2. The lowest BCUT2D eigenvalue weighted by molar-refractivity contribution is -0.124. The van der Waals surface area contributed by atoms with E-state index in [0.29, 0.717) is 24.8 Å². The Morgan fingerprint density at radius 3 is 2.77 bits per heavy atom. The highest BCUT2D eigenvalue weighted by Crippen LogP contribution is 2.39. The minimum Gasteiger partial charge on any atom is -0.508 e. The minimum atomic E-state index is -1.15. The van der Waals surface area contributed by atoms with Crippen LogP contribution in [-0.2, 0) is 4.79 Å². The van der Waals surface area contributed by atoms with Crippen LogP contribution in [0.15, 0.2) is 30.5 Å². The minimum absolute atomic E-state index is 0.0817. The number of anilines is 1. The number of terminal acetylenes is 1. The zero-order chi connectivity index (χ0) is 27.5. The molecule has 2 aromatic heterocycles. The van der Waals surface area contributed by atoms with Gasteiger partial charge in [-0.1, -0.05) is 12.0 Å². The van der Waals surface area contributed by atoms with Crippen LogP contribution in [0.3, 0.4) is 0 Å². The van der Waals surface area contributed by atoms with Crippen molar-refractivity contribution in [2.24, 2.45) is 0 Å². The van der Waals surface area contributed by atoms with Crippen molar-refractivity contribution in [2.75, 3.05) is 25.1 Å². The number of halogens is 2. The fraction of sp³-hybridized carbons (Fsp3) is 0.222. The number of benzene rings is 2. The van der Waals surface area contributed by atoms with E-state index in [4.69, 9.17) is 11.2 Å². The van der Waals surface area contributed by atoms with Crippen LogP contribution < -0.4 is 20.3 Å². The maximum Gasteiger partial charge on any atom is 0.322 e. The number of aromatic nitrogens is 3. The van der Waals surface area contributed by atoms with Crippen LogP contribution in [0.5, 0.6) is 11.8 Å². The summed E-state index contributed by atoms with van der Waals surface area (Å²) in [5.74, 6) is 0.391. The lowest BCUT2D eigenvalue weighted by atomic mass is 9.89. The summed E-state index contributed by atoms with van der Waals surface area (Å²) in [6.07, 6.45) is 7.91. The number of fused-ring (bicyclic) bond motifs is 2. The number of piperidine rings is 1. The molecule has 6 rings (SSSR count). The normalized spacial score (nSPS) is 18.9. The second-order valence-electron chi connectivity index (χ2n) is 9.39. The van der Waals surface area contributed by atoms with Gasteiger partial charge in [-0.2, -0.15) is 9.97 Å². The fourth-order valence-corrected chi connectivity index (χ4v) is 5.35. The topological polar surface area (TPSA) is 130 Å². The molecule has 1 spiro atoms. The number of hydrogen-bond acceptors (Lipinski definition) is 8. The van der Waals surface area contributed by atoms with E-state index in [-0.39, 0.29) is 57.2 Å². The standard InChI is InChI=1S/C27H20F2N6O4/c1-3-15-18(28)6-5-13-9-14(36)10-16(19(13)15)21-20(29)22-17(11-30-21)23(32-26(31-22)39-2)35-8-4-7-27(12-35)24(37)33-25(38)34-27/h1,5-6,9-11,36H,4,7-8,12H2,2H3,(H2,33,34,37,38). The average molecular weight is 530 g/mol. The first-order valence-corrected chi connectivity index (χ1v) is 12.0. The Morgan fingerprint density at radius 1 is 1.23 bits per heavy atom. The molecule has 3 N–H and O–H groups in total. The zero-order valence-electron chi connectivity index (χ0n) is 20.5. The Balaban J connectivity index is 1.55. The number of ether oxygens (including phenoxy) is 1. The van der Waals surface area contributed by atoms with Gasteiger partial charge >= 0.3 is 12.0 Å². The van der Waals surface area contributed by atoms with E-state index < -0.39 is 29.1 Å². The molecule has 196 valence electrons. The fourth-order valence-electron chi connectivity index (χ4n) is 5.35. The summed E-state index contributed by atoms with van der Waals surface area (Å²) in [5.41, 5.74) is -1.52. The van der Waals surface area contributed by atoms with Gasteiger partial charge in [-0.3, -0.25) is 15.1 Å². The molecule has 2 aliphatic heterocycles. The van der Waals surface area contributed by atoms with Gasteiger partial charge in [-0.25, -0.2) is 13.6 Å². The van der Waals surface area contributed by atoms with E-state index in [1.807, 2.05) is 0 Å². The van der Waals surface area contributed by atoms with Crippen molar-refractivity contribution in [2.45, 2.75) is 18.4 Å². The number of pyridine rings is 1. The van der Waals surface area contributed by atoms with Crippen molar-refractivity contribution in [3.63, 3.8) is 0 Å². The third-order valence-corrected chi connectivity index (χ3v) is 7.08. The number of aromatic hydroxyl groups is 1. The number of amides is 3. The summed E-state index contributed by atoms with van der Waals surface area (Å²) >= 11 is 0. The third kappa shape index (κ3) is 3.73. The Kier molecular flexibility index (Phi) is 5.46. The van der Waals surface area contributed by atoms with Gasteiger partial charge in [0.2, 0.25) is 0 Å². The van der Waals surface area contributed by atoms with Crippen molar-refractivity contribution in [1.82, 2.24) is 25.6 Å². The number of rotatable bonds is 3. The van der Waals surface area contributed by atoms with Crippen LogP contribution in [0.2, 0.25) is 0 Å². The molecule has 0 aliphatic carbocycles. The van der Waals surface area contributed by atoms with Gasteiger partial charge in [0.15, 0.2) is 5.82 Å². The second kappa shape index (κ2) is 8.76. The maximum absolute atomic E-state index is 16.2. The summed E-state index contributed by atoms with van der Waals surface area (Å²) in [6.45, 7) is 0.552. The van der Waals surface area contributed by atoms with Crippen molar-refractivity contribution in [3.8, 4) is 35.4 Å². The highest BCUT2D eigenvalue weighted by Gasteiger charge is 2.49. The number of carbonyl (C=O) groups is 2. The predicted octanol–water partition coefficient (Wildman–Crippen LogP) is 3.00. The van der Waals surface area contributed by atoms with Gasteiger partial charge in [0.05, 0.1) is 24.6 Å². The van der Waals surface area contributed by atoms with Crippen LogP contribution in [0, 0.1) is 24.0 Å². The number of nitrogens with zero attached hydrogens (tertiary/aromatic N) is 4. The first-order valence-electron chi connectivity index (χ1n) is 12.0. The van der Waals surface area contributed by atoms with Crippen LogP contribution >= 0.6 is 0 Å². The average Bonchev–Trinajstić information content (AvgIpc) is 3.19. The van der Waals surface area contributed by atoms with Crippen molar-refractivity contribution in [1.29, 1.82) is 0 Å².